The van der Waals surface area contributed by atoms with Crippen LogP contribution in [0.1, 0.15) is 34.1 Å². The van der Waals surface area contributed by atoms with Gasteiger partial charge in [0.25, 0.3) is 0 Å². The van der Waals surface area contributed by atoms with E-state index in [1.807, 2.05) is 27.7 Å². The van der Waals surface area contributed by atoms with Gasteiger partial charge in [0.2, 0.25) is 5.91 Å². The third kappa shape index (κ3) is 2.54. The fourth-order valence-corrected chi connectivity index (χ4v) is 2.53. The Bertz CT molecular complexity index is 288. The number of piperidine rings is 1. The van der Waals surface area contributed by atoms with Crippen LogP contribution in [0.25, 0.3) is 0 Å². The normalized spacial score (nSPS) is 30.9. The fourth-order valence-electron chi connectivity index (χ4n) is 2.53. The average molecular weight is 227 g/mol. The van der Waals surface area contributed by atoms with Crippen LogP contribution in [0.15, 0.2) is 0 Å². The van der Waals surface area contributed by atoms with E-state index in [0.29, 0.717) is 18.9 Å². The van der Waals surface area contributed by atoms with Crippen LogP contribution in [-0.4, -0.2) is 34.5 Å². The van der Waals surface area contributed by atoms with Gasteiger partial charge in [-0.25, -0.2) is 0 Å². The predicted octanol–water partition coefficient (Wildman–Crippen LogP) is 1.60. The van der Waals surface area contributed by atoms with Crippen molar-refractivity contribution in [1.29, 1.82) is 0 Å². The third-order valence-corrected chi connectivity index (χ3v) is 3.29. The zero-order chi connectivity index (χ0) is 12.5. The van der Waals surface area contributed by atoms with Gasteiger partial charge in [-0.15, -0.1) is 0 Å². The SMILES string of the molecule is CC(C)CN1C(=O)CC(C)C(C(=O)O)C1C. The van der Waals surface area contributed by atoms with Crippen molar-refractivity contribution >= 4 is 11.9 Å². The molecule has 1 aliphatic rings. The maximum absolute atomic E-state index is 11.9. The molecule has 4 nitrogen and oxygen atoms in total. The lowest BCUT2D eigenvalue weighted by molar-refractivity contribution is -0.155. The summed E-state index contributed by atoms with van der Waals surface area (Å²) in [6.07, 6.45) is 0.355. The summed E-state index contributed by atoms with van der Waals surface area (Å²) in [5.41, 5.74) is 0. The van der Waals surface area contributed by atoms with Crippen molar-refractivity contribution in [2.45, 2.75) is 40.2 Å². The number of carboxylic acid groups (broad SMARTS) is 1. The molecule has 1 N–H and O–H groups in total. The first-order chi connectivity index (χ1) is 7.34. The van der Waals surface area contributed by atoms with E-state index < -0.39 is 11.9 Å². The number of hydrogen-bond acceptors (Lipinski definition) is 2. The standard InChI is InChI=1S/C12H21NO3/c1-7(2)6-13-9(4)11(12(15)16)8(3)5-10(13)14/h7-9,11H,5-6H2,1-4H3,(H,15,16). The van der Waals surface area contributed by atoms with Crippen LogP contribution in [0.3, 0.4) is 0 Å². The molecule has 0 aromatic rings. The average Bonchev–Trinajstić information content (AvgIpc) is 2.10. The van der Waals surface area contributed by atoms with Gasteiger partial charge < -0.3 is 10.0 Å². The molecule has 0 saturated carbocycles. The topological polar surface area (TPSA) is 57.6 Å². The largest absolute Gasteiger partial charge is 0.481 e. The quantitative estimate of drug-likeness (QED) is 0.796. The van der Waals surface area contributed by atoms with Gasteiger partial charge in [-0.1, -0.05) is 20.8 Å². The lowest BCUT2D eigenvalue weighted by Gasteiger charge is -2.41. The summed E-state index contributed by atoms with van der Waals surface area (Å²) in [4.78, 5) is 24.8. The summed E-state index contributed by atoms with van der Waals surface area (Å²) in [5, 5.41) is 9.18. The molecule has 16 heavy (non-hydrogen) atoms. The number of hydrogen-bond donors (Lipinski definition) is 1. The van der Waals surface area contributed by atoms with Gasteiger partial charge in [-0.3, -0.25) is 9.59 Å². The molecule has 0 radical (unpaired) electrons. The van der Waals surface area contributed by atoms with Gasteiger partial charge in [0, 0.05) is 19.0 Å². The van der Waals surface area contributed by atoms with Crippen LogP contribution < -0.4 is 0 Å². The minimum Gasteiger partial charge on any atom is -0.481 e. The molecule has 92 valence electrons. The molecule has 4 heteroatoms. The summed E-state index contributed by atoms with van der Waals surface area (Å²) in [7, 11) is 0. The molecule has 0 aromatic carbocycles. The summed E-state index contributed by atoms with van der Waals surface area (Å²) in [5.74, 6) is -0.832. The van der Waals surface area contributed by atoms with Crippen molar-refractivity contribution in [2.24, 2.45) is 17.8 Å². The van der Waals surface area contributed by atoms with E-state index in [0.717, 1.165) is 0 Å². The Morgan fingerprint density at radius 3 is 2.50 bits per heavy atom. The number of carbonyl (C=O) groups excluding carboxylic acids is 1. The number of aliphatic carboxylic acids is 1. The lowest BCUT2D eigenvalue weighted by Crippen LogP contribution is -2.53. The maximum atomic E-state index is 11.9. The van der Waals surface area contributed by atoms with E-state index in [1.54, 1.807) is 4.90 Å². The lowest BCUT2D eigenvalue weighted by atomic mass is 9.80. The van der Waals surface area contributed by atoms with E-state index in [9.17, 15) is 14.7 Å². The third-order valence-electron chi connectivity index (χ3n) is 3.29. The second-order valence-corrected chi connectivity index (χ2v) is 5.23. The van der Waals surface area contributed by atoms with Crippen LogP contribution >= 0.6 is 0 Å². The first-order valence-corrected chi connectivity index (χ1v) is 5.86. The van der Waals surface area contributed by atoms with Crippen molar-refractivity contribution in [3.05, 3.63) is 0 Å². The highest BCUT2D eigenvalue weighted by Crippen LogP contribution is 2.30. The molecule has 1 saturated heterocycles. The Labute approximate surface area is 96.6 Å². The van der Waals surface area contributed by atoms with E-state index in [-0.39, 0.29) is 17.9 Å². The summed E-state index contributed by atoms with van der Waals surface area (Å²) < 4.78 is 0. The minimum atomic E-state index is -0.791. The van der Waals surface area contributed by atoms with Gasteiger partial charge >= 0.3 is 5.97 Å². The van der Waals surface area contributed by atoms with Crippen molar-refractivity contribution < 1.29 is 14.7 Å². The number of carboxylic acids is 1. The van der Waals surface area contributed by atoms with E-state index in [4.69, 9.17) is 0 Å². The highest BCUT2D eigenvalue weighted by atomic mass is 16.4. The van der Waals surface area contributed by atoms with Gasteiger partial charge in [-0.2, -0.15) is 0 Å². The molecule has 1 amide bonds. The highest BCUT2D eigenvalue weighted by Gasteiger charge is 2.41. The Hall–Kier alpha value is -1.06. The van der Waals surface area contributed by atoms with Gasteiger partial charge in [-0.05, 0) is 18.8 Å². The number of likely N-dealkylation sites (tertiary alicyclic amines) is 1. The van der Waals surface area contributed by atoms with Crippen molar-refractivity contribution in [3.63, 3.8) is 0 Å². The minimum absolute atomic E-state index is 0.0663. The molecule has 1 rings (SSSR count). The number of amides is 1. The van der Waals surface area contributed by atoms with Crippen LogP contribution in [-0.2, 0) is 9.59 Å². The molecular weight excluding hydrogens is 206 g/mol. The number of carbonyl (C=O) groups is 2. The Morgan fingerprint density at radius 1 is 1.50 bits per heavy atom. The van der Waals surface area contributed by atoms with E-state index in [2.05, 4.69) is 0 Å². The van der Waals surface area contributed by atoms with Crippen LogP contribution in [0.5, 0.6) is 0 Å². The smallest absolute Gasteiger partial charge is 0.308 e. The Balaban J connectivity index is 2.85. The zero-order valence-electron chi connectivity index (χ0n) is 10.4. The van der Waals surface area contributed by atoms with E-state index >= 15 is 0 Å². The maximum Gasteiger partial charge on any atom is 0.308 e. The van der Waals surface area contributed by atoms with Crippen molar-refractivity contribution in [2.75, 3.05) is 6.54 Å². The van der Waals surface area contributed by atoms with Crippen LogP contribution in [0.2, 0.25) is 0 Å². The number of rotatable bonds is 3. The monoisotopic (exact) mass is 227 g/mol. The summed E-state index contributed by atoms with van der Waals surface area (Å²) in [6, 6.07) is -0.198. The van der Waals surface area contributed by atoms with Crippen LogP contribution in [0, 0.1) is 17.8 Å². The number of nitrogens with zero attached hydrogens (tertiary/aromatic N) is 1. The van der Waals surface area contributed by atoms with E-state index in [1.165, 1.54) is 0 Å². The molecule has 3 atom stereocenters. The van der Waals surface area contributed by atoms with Gasteiger partial charge in [0.15, 0.2) is 0 Å². The highest BCUT2D eigenvalue weighted by molar-refractivity contribution is 5.81. The molecule has 1 fully saturated rings. The first kappa shape index (κ1) is 13.0. The Morgan fingerprint density at radius 2 is 2.06 bits per heavy atom. The second-order valence-electron chi connectivity index (χ2n) is 5.23. The fraction of sp³-hybridized carbons (Fsp3) is 0.833. The second kappa shape index (κ2) is 4.85. The molecular formula is C12H21NO3. The van der Waals surface area contributed by atoms with Crippen molar-refractivity contribution in [3.8, 4) is 0 Å². The molecule has 0 aromatic heterocycles. The predicted molar refractivity (Wildman–Crippen MR) is 60.9 cm³/mol. The van der Waals surface area contributed by atoms with Crippen molar-refractivity contribution in [1.82, 2.24) is 4.90 Å². The van der Waals surface area contributed by atoms with Crippen LogP contribution in [0.4, 0.5) is 0 Å². The Kier molecular flexibility index (Phi) is 3.94. The molecule has 1 heterocycles. The van der Waals surface area contributed by atoms with Gasteiger partial charge in [0.05, 0.1) is 5.92 Å². The molecule has 0 bridgehead atoms. The molecule has 1 aliphatic heterocycles. The first-order valence-electron chi connectivity index (χ1n) is 5.86. The molecule has 0 aliphatic carbocycles. The molecule has 3 unspecified atom stereocenters. The zero-order valence-corrected chi connectivity index (χ0v) is 10.4. The molecule has 0 spiro atoms. The van der Waals surface area contributed by atoms with Gasteiger partial charge in [0.1, 0.15) is 0 Å². The summed E-state index contributed by atoms with van der Waals surface area (Å²) >= 11 is 0. The summed E-state index contributed by atoms with van der Waals surface area (Å²) in [6.45, 7) is 8.41.